The fraction of sp³-hybridized carbons (Fsp3) is 0.379. The molecule has 0 atom stereocenters. The topological polar surface area (TPSA) is 52.8 Å². The first-order chi connectivity index (χ1) is 18.5. The summed E-state index contributed by atoms with van der Waals surface area (Å²) in [5.41, 5.74) is 3.95. The zero-order valence-corrected chi connectivity index (χ0v) is 22.9. The van der Waals surface area contributed by atoms with E-state index in [9.17, 15) is 5.21 Å². The van der Waals surface area contributed by atoms with Crippen LogP contribution in [0.2, 0.25) is 10.0 Å². The van der Waals surface area contributed by atoms with E-state index in [0.717, 1.165) is 91.8 Å². The minimum atomic E-state index is 0.585. The second kappa shape index (κ2) is 11.1. The third kappa shape index (κ3) is 5.34. The molecule has 0 N–H and O–H groups in total. The van der Waals surface area contributed by atoms with Gasteiger partial charge in [0.25, 0.3) is 0 Å². The Morgan fingerprint density at radius 2 is 1.29 bits per heavy atom. The van der Waals surface area contributed by atoms with Crippen LogP contribution in [0, 0.1) is 5.21 Å². The molecule has 2 aliphatic heterocycles. The number of rotatable bonds is 6. The van der Waals surface area contributed by atoms with Gasteiger partial charge in [-0.3, -0.25) is 14.8 Å². The molecule has 6 rings (SSSR count). The predicted octanol–water partition coefficient (Wildman–Crippen LogP) is 4.66. The van der Waals surface area contributed by atoms with Crippen molar-refractivity contribution in [3.8, 4) is 0 Å². The molecule has 0 bridgehead atoms. The molecule has 0 spiro atoms. The third-order valence-corrected chi connectivity index (χ3v) is 8.37. The van der Waals surface area contributed by atoms with Crippen molar-refractivity contribution >= 4 is 56.4 Å². The molecular formula is C29H32Cl2N6O. The van der Waals surface area contributed by atoms with Gasteiger partial charge in [0.15, 0.2) is 6.20 Å². The lowest BCUT2D eigenvalue weighted by Gasteiger charge is -2.38. The standard InChI is InChI=1S/C29H32Cl2N6O/c30-22-2-4-24-26(20-22)32-8-6-27(24)35-16-12-33(13-17-35)9-1-10-34-14-18-36(19-15-34)28-7-11-37(38)29-21-23(31)3-5-25(28)29/h2-8,11,20-21H,1,9-10,12-19H2. The molecule has 38 heavy (non-hydrogen) atoms. The maximum absolute atomic E-state index is 12.2. The summed E-state index contributed by atoms with van der Waals surface area (Å²) < 4.78 is 0.899. The fourth-order valence-corrected chi connectivity index (χ4v) is 6.15. The third-order valence-electron chi connectivity index (χ3n) is 7.90. The van der Waals surface area contributed by atoms with E-state index in [1.54, 1.807) is 12.3 Å². The minimum Gasteiger partial charge on any atom is -0.618 e. The second-order valence-corrected chi connectivity index (χ2v) is 11.1. The molecule has 2 fully saturated rings. The molecule has 198 valence electrons. The molecule has 9 heteroatoms. The quantitative estimate of drug-likeness (QED) is 0.257. The predicted molar refractivity (Wildman–Crippen MR) is 157 cm³/mol. The van der Waals surface area contributed by atoms with Gasteiger partial charge in [0.2, 0.25) is 5.52 Å². The smallest absolute Gasteiger partial charge is 0.227 e. The Morgan fingerprint density at radius 3 is 1.95 bits per heavy atom. The Morgan fingerprint density at radius 1 is 0.711 bits per heavy atom. The van der Waals surface area contributed by atoms with E-state index >= 15 is 0 Å². The highest BCUT2D eigenvalue weighted by atomic mass is 35.5. The zero-order valence-electron chi connectivity index (χ0n) is 21.4. The van der Waals surface area contributed by atoms with Crippen LogP contribution in [0.15, 0.2) is 60.9 Å². The van der Waals surface area contributed by atoms with E-state index in [0.29, 0.717) is 10.5 Å². The van der Waals surface area contributed by atoms with Crippen molar-refractivity contribution in [1.82, 2.24) is 14.8 Å². The summed E-state index contributed by atoms with van der Waals surface area (Å²) in [4.78, 5) is 14.5. The molecule has 0 saturated carbocycles. The molecule has 2 aromatic heterocycles. The summed E-state index contributed by atoms with van der Waals surface area (Å²) >= 11 is 12.3. The number of hydrogen-bond acceptors (Lipinski definition) is 6. The Labute approximate surface area is 233 Å². The van der Waals surface area contributed by atoms with Crippen molar-refractivity contribution in [2.75, 3.05) is 75.2 Å². The van der Waals surface area contributed by atoms with Gasteiger partial charge in [-0.25, -0.2) is 0 Å². The largest absolute Gasteiger partial charge is 0.618 e. The Kier molecular flexibility index (Phi) is 7.43. The number of benzene rings is 2. The van der Waals surface area contributed by atoms with Crippen molar-refractivity contribution in [2.45, 2.75) is 6.42 Å². The van der Waals surface area contributed by atoms with Crippen LogP contribution in [0.4, 0.5) is 11.4 Å². The molecule has 2 aliphatic rings. The van der Waals surface area contributed by atoms with Crippen LogP contribution in [-0.2, 0) is 0 Å². The molecule has 4 heterocycles. The monoisotopic (exact) mass is 550 g/mol. The van der Waals surface area contributed by atoms with Crippen LogP contribution in [-0.4, -0.2) is 80.2 Å². The van der Waals surface area contributed by atoms with Gasteiger partial charge in [-0.2, -0.15) is 4.73 Å². The number of piperazine rings is 2. The van der Waals surface area contributed by atoms with Gasteiger partial charge in [-0.15, -0.1) is 0 Å². The fourth-order valence-electron chi connectivity index (χ4n) is 5.81. The molecule has 0 unspecified atom stereocenters. The van der Waals surface area contributed by atoms with Gasteiger partial charge in [0.1, 0.15) is 0 Å². The van der Waals surface area contributed by atoms with Crippen molar-refractivity contribution in [3.63, 3.8) is 0 Å². The molecule has 0 amide bonds. The van der Waals surface area contributed by atoms with Gasteiger partial charge in [0, 0.05) is 91.8 Å². The number of halogens is 2. The number of nitrogens with zero attached hydrogens (tertiary/aromatic N) is 6. The molecule has 0 aliphatic carbocycles. The van der Waals surface area contributed by atoms with Crippen molar-refractivity contribution in [3.05, 3.63) is 76.2 Å². The molecule has 2 saturated heterocycles. The lowest BCUT2D eigenvalue weighted by Crippen LogP contribution is -2.49. The number of anilines is 2. The first kappa shape index (κ1) is 25.4. The zero-order chi connectivity index (χ0) is 26.1. The van der Waals surface area contributed by atoms with Gasteiger partial charge < -0.3 is 15.0 Å². The van der Waals surface area contributed by atoms with Gasteiger partial charge in [0.05, 0.1) is 16.6 Å². The molecule has 2 aromatic carbocycles. The summed E-state index contributed by atoms with van der Waals surface area (Å²) in [5, 5.41) is 15.7. The Bertz CT molecular complexity index is 1430. The van der Waals surface area contributed by atoms with E-state index < -0.39 is 0 Å². The van der Waals surface area contributed by atoms with Crippen LogP contribution in [0.5, 0.6) is 0 Å². The number of hydrogen-bond donors (Lipinski definition) is 0. The van der Waals surface area contributed by atoms with E-state index in [1.807, 2.05) is 36.5 Å². The number of fused-ring (bicyclic) bond motifs is 2. The Hall–Kier alpha value is -2.84. The van der Waals surface area contributed by atoms with Crippen molar-refractivity contribution in [2.24, 2.45) is 0 Å². The highest BCUT2D eigenvalue weighted by molar-refractivity contribution is 6.31. The summed E-state index contributed by atoms with van der Waals surface area (Å²) in [6, 6.07) is 15.6. The summed E-state index contributed by atoms with van der Waals surface area (Å²) in [6.45, 7) is 10.5. The highest BCUT2D eigenvalue weighted by Crippen LogP contribution is 2.29. The van der Waals surface area contributed by atoms with E-state index in [4.69, 9.17) is 23.2 Å². The molecule has 4 aromatic rings. The maximum atomic E-state index is 12.2. The lowest BCUT2D eigenvalue weighted by molar-refractivity contribution is -0.576. The van der Waals surface area contributed by atoms with Gasteiger partial charge >= 0.3 is 0 Å². The first-order valence-corrected chi connectivity index (χ1v) is 14.1. The first-order valence-electron chi connectivity index (χ1n) is 13.4. The Balaban J connectivity index is 0.972. The van der Waals surface area contributed by atoms with Crippen LogP contribution >= 0.6 is 23.2 Å². The maximum Gasteiger partial charge on any atom is 0.227 e. The summed E-state index contributed by atoms with van der Waals surface area (Å²) in [7, 11) is 0. The average molecular weight is 552 g/mol. The van der Waals surface area contributed by atoms with Crippen LogP contribution < -0.4 is 14.5 Å². The van der Waals surface area contributed by atoms with Crippen molar-refractivity contribution < 1.29 is 4.73 Å². The molecule has 0 radical (unpaired) electrons. The average Bonchev–Trinajstić information content (AvgIpc) is 2.94. The SMILES string of the molecule is [O-][n+]1ccc(N2CCN(CCCN3CCN(c4ccnc5cc(Cl)ccc45)CC3)CC2)c2ccc(Cl)cc21. The highest BCUT2D eigenvalue weighted by Gasteiger charge is 2.22. The minimum absolute atomic E-state index is 0.585. The lowest BCUT2D eigenvalue weighted by atomic mass is 10.1. The van der Waals surface area contributed by atoms with Crippen LogP contribution in [0.3, 0.4) is 0 Å². The van der Waals surface area contributed by atoms with Gasteiger partial charge in [-0.1, -0.05) is 23.2 Å². The molecular weight excluding hydrogens is 519 g/mol. The van der Waals surface area contributed by atoms with Crippen LogP contribution in [0.25, 0.3) is 21.8 Å². The number of pyridine rings is 2. The van der Waals surface area contributed by atoms with Crippen molar-refractivity contribution in [1.29, 1.82) is 0 Å². The summed E-state index contributed by atoms with van der Waals surface area (Å²) in [6.07, 6.45) is 4.66. The second-order valence-electron chi connectivity index (χ2n) is 10.2. The number of aromatic nitrogens is 2. The van der Waals surface area contributed by atoms with Crippen LogP contribution in [0.1, 0.15) is 6.42 Å². The molecule has 7 nitrogen and oxygen atoms in total. The van der Waals surface area contributed by atoms with E-state index in [2.05, 4.69) is 36.7 Å². The summed E-state index contributed by atoms with van der Waals surface area (Å²) in [5.74, 6) is 0. The van der Waals surface area contributed by atoms with E-state index in [-0.39, 0.29) is 0 Å². The van der Waals surface area contributed by atoms with E-state index in [1.165, 1.54) is 17.5 Å². The normalized spacial score (nSPS) is 17.5. The van der Waals surface area contributed by atoms with Gasteiger partial charge in [-0.05, 0) is 55.9 Å².